The maximum Gasteiger partial charge on any atom is 0.0708 e. The summed E-state index contributed by atoms with van der Waals surface area (Å²) in [5, 5.41) is 0. The Balaban J connectivity index is 0.983. The molecule has 0 atom stereocenters. The van der Waals surface area contributed by atoms with E-state index in [1.807, 2.05) is 36.7 Å². The smallest absolute Gasteiger partial charge is 0.0708 e. The van der Waals surface area contributed by atoms with Gasteiger partial charge in [0, 0.05) is 29.1 Å². The average Bonchev–Trinajstić information content (AvgIpc) is 3.27. The monoisotopic (exact) mass is 772 g/mol. The number of benzene rings is 7. The van der Waals surface area contributed by atoms with Crippen molar-refractivity contribution in [2.24, 2.45) is 0 Å². The van der Waals surface area contributed by atoms with Crippen molar-refractivity contribution in [2.45, 2.75) is 41.5 Å². The van der Waals surface area contributed by atoms with Crippen molar-refractivity contribution < 1.29 is 0 Å². The first-order valence-corrected chi connectivity index (χ1v) is 20.8. The number of pyridine rings is 2. The van der Waals surface area contributed by atoms with Crippen LogP contribution in [0.5, 0.6) is 0 Å². The number of nitrogens with zero attached hydrogens (tertiary/aromatic N) is 2. The first kappa shape index (κ1) is 38.4. The van der Waals surface area contributed by atoms with Gasteiger partial charge in [-0.2, -0.15) is 0 Å². The van der Waals surface area contributed by atoms with Gasteiger partial charge in [0.25, 0.3) is 0 Å². The fourth-order valence-corrected chi connectivity index (χ4v) is 8.91. The third-order valence-electron chi connectivity index (χ3n) is 12.0. The van der Waals surface area contributed by atoms with Gasteiger partial charge in [0.1, 0.15) is 0 Å². The van der Waals surface area contributed by atoms with Crippen molar-refractivity contribution in [3.63, 3.8) is 0 Å². The Morgan fingerprint density at radius 2 is 0.567 bits per heavy atom. The highest BCUT2D eigenvalue weighted by Gasteiger charge is 2.18. The number of hydrogen-bond donors (Lipinski definition) is 0. The van der Waals surface area contributed by atoms with Gasteiger partial charge in [0.05, 0.1) is 11.4 Å². The van der Waals surface area contributed by atoms with E-state index >= 15 is 0 Å². The molecule has 2 aromatic heterocycles. The van der Waals surface area contributed by atoms with Crippen LogP contribution in [0.2, 0.25) is 0 Å². The summed E-state index contributed by atoms with van der Waals surface area (Å²) in [7, 11) is 0. The van der Waals surface area contributed by atoms with Crippen molar-refractivity contribution in [1.29, 1.82) is 0 Å². The van der Waals surface area contributed by atoms with Crippen LogP contribution < -0.4 is 0 Å². The first-order valence-electron chi connectivity index (χ1n) is 20.8. The predicted octanol–water partition coefficient (Wildman–Crippen LogP) is 15.7. The SMILES string of the molecule is Cc1ccccc1-c1ccc(-c2ccc(-c3ccc(-c4ccc(-c5ccc(-c6c(-c7ccccn7)cccc6-c6ccccn6)cc5C)c(C)c4)cc3C)c(C)c2)cc1C. The maximum absolute atomic E-state index is 4.74. The van der Waals surface area contributed by atoms with Crippen LogP contribution in [-0.2, 0) is 0 Å². The minimum atomic E-state index is 0.945. The maximum atomic E-state index is 4.74. The van der Waals surface area contributed by atoms with Crippen molar-refractivity contribution in [3.05, 3.63) is 216 Å². The van der Waals surface area contributed by atoms with Crippen molar-refractivity contribution in [2.75, 3.05) is 0 Å². The molecule has 0 aliphatic rings. The summed E-state index contributed by atoms with van der Waals surface area (Å²) in [5.41, 5.74) is 26.5. The molecule has 0 unspecified atom stereocenters. The molecular weight excluding hydrogens is 725 g/mol. The average molecular weight is 773 g/mol. The normalized spacial score (nSPS) is 11.2. The highest BCUT2D eigenvalue weighted by atomic mass is 14.7. The van der Waals surface area contributed by atoms with Crippen LogP contribution >= 0.6 is 0 Å². The molecule has 7 aromatic carbocycles. The van der Waals surface area contributed by atoms with Gasteiger partial charge in [-0.1, -0.05) is 146 Å². The lowest BCUT2D eigenvalue weighted by Gasteiger charge is -2.18. The standard InChI is InChI=1S/C58H48N2/c1-37-14-7-8-15-48(37)49-25-20-43(32-38(49)2)44-21-26-50(39(3)33-44)51-27-22-45(34-40(51)4)46-23-28-52(41(5)35-46)53-29-24-47(36-42(53)6)58-54(56-18-9-11-30-59-56)16-13-17-55(58)57-19-10-12-31-60-57/h7-36H,1-6H3. The van der Waals surface area contributed by atoms with Gasteiger partial charge in [0.2, 0.25) is 0 Å². The Bertz CT molecular complexity index is 2970. The Labute approximate surface area is 355 Å². The largest absolute Gasteiger partial charge is 0.256 e. The molecule has 60 heavy (non-hydrogen) atoms. The number of aromatic nitrogens is 2. The lowest BCUT2D eigenvalue weighted by molar-refractivity contribution is 1.31. The Morgan fingerprint density at radius 1 is 0.250 bits per heavy atom. The fraction of sp³-hybridized carbons (Fsp3) is 0.103. The van der Waals surface area contributed by atoms with Crippen LogP contribution in [0.15, 0.2) is 182 Å². The lowest BCUT2D eigenvalue weighted by atomic mass is 9.87. The second-order valence-electron chi connectivity index (χ2n) is 16.1. The van der Waals surface area contributed by atoms with Gasteiger partial charge in [-0.3, -0.25) is 9.97 Å². The minimum absolute atomic E-state index is 0.945. The topological polar surface area (TPSA) is 25.8 Å². The predicted molar refractivity (Wildman–Crippen MR) is 254 cm³/mol. The lowest BCUT2D eigenvalue weighted by Crippen LogP contribution is -1.95. The molecular formula is C58H48N2. The van der Waals surface area contributed by atoms with Crippen LogP contribution in [0, 0.1) is 41.5 Å². The number of aryl methyl sites for hydroxylation is 6. The molecule has 0 saturated carbocycles. The molecule has 9 aromatic rings. The van der Waals surface area contributed by atoms with Crippen LogP contribution in [-0.4, -0.2) is 9.97 Å². The van der Waals surface area contributed by atoms with E-state index in [0.29, 0.717) is 0 Å². The van der Waals surface area contributed by atoms with E-state index in [1.165, 1.54) is 89.0 Å². The zero-order valence-corrected chi connectivity index (χ0v) is 35.2. The van der Waals surface area contributed by atoms with Crippen LogP contribution in [0.25, 0.3) is 89.3 Å². The van der Waals surface area contributed by atoms with Crippen molar-refractivity contribution >= 4 is 0 Å². The molecule has 9 rings (SSSR count). The highest BCUT2D eigenvalue weighted by Crippen LogP contribution is 2.42. The second-order valence-corrected chi connectivity index (χ2v) is 16.1. The summed E-state index contributed by atoms with van der Waals surface area (Å²) in [6.07, 6.45) is 3.72. The van der Waals surface area contributed by atoms with E-state index in [2.05, 4.69) is 187 Å². The molecule has 2 heteroatoms. The van der Waals surface area contributed by atoms with E-state index in [1.54, 1.807) is 0 Å². The molecule has 0 N–H and O–H groups in total. The van der Waals surface area contributed by atoms with E-state index in [4.69, 9.17) is 9.97 Å². The second kappa shape index (κ2) is 16.2. The summed E-state index contributed by atoms with van der Waals surface area (Å²) >= 11 is 0. The Kier molecular flexibility index (Phi) is 10.4. The van der Waals surface area contributed by atoms with Crippen molar-refractivity contribution in [3.8, 4) is 89.3 Å². The summed E-state index contributed by atoms with van der Waals surface area (Å²) < 4.78 is 0. The van der Waals surface area contributed by atoms with E-state index in [9.17, 15) is 0 Å². The highest BCUT2D eigenvalue weighted by molar-refractivity contribution is 5.94. The Hall–Kier alpha value is -7.16. The van der Waals surface area contributed by atoms with Crippen LogP contribution in [0.3, 0.4) is 0 Å². The van der Waals surface area contributed by atoms with Gasteiger partial charge in [0.15, 0.2) is 0 Å². The van der Waals surface area contributed by atoms with Gasteiger partial charge >= 0.3 is 0 Å². The molecule has 0 saturated heterocycles. The van der Waals surface area contributed by atoms with Crippen molar-refractivity contribution in [1.82, 2.24) is 9.97 Å². The van der Waals surface area contributed by atoms with Crippen LogP contribution in [0.1, 0.15) is 33.4 Å². The third-order valence-corrected chi connectivity index (χ3v) is 12.0. The summed E-state index contributed by atoms with van der Waals surface area (Å²) in [4.78, 5) is 9.48. The minimum Gasteiger partial charge on any atom is -0.256 e. The molecule has 0 spiro atoms. The summed E-state index contributed by atoms with van der Waals surface area (Å²) in [6, 6.07) is 61.6. The zero-order valence-electron chi connectivity index (χ0n) is 35.2. The number of rotatable bonds is 8. The van der Waals surface area contributed by atoms with Gasteiger partial charge in [-0.05, 0) is 160 Å². The molecule has 2 nitrogen and oxygen atoms in total. The van der Waals surface area contributed by atoms with E-state index < -0.39 is 0 Å². The summed E-state index contributed by atoms with van der Waals surface area (Å²) in [6.45, 7) is 13.3. The molecule has 0 radical (unpaired) electrons. The summed E-state index contributed by atoms with van der Waals surface area (Å²) in [5.74, 6) is 0. The number of hydrogen-bond acceptors (Lipinski definition) is 2. The molecule has 290 valence electrons. The molecule has 0 amide bonds. The molecule has 0 bridgehead atoms. The third kappa shape index (κ3) is 7.38. The van der Waals surface area contributed by atoms with Gasteiger partial charge in [-0.25, -0.2) is 0 Å². The molecule has 0 aliphatic carbocycles. The molecule has 0 fully saturated rings. The first-order chi connectivity index (χ1) is 29.2. The molecule has 0 aliphatic heterocycles. The Morgan fingerprint density at radius 3 is 0.917 bits per heavy atom. The molecule has 2 heterocycles. The van der Waals surface area contributed by atoms with E-state index in [0.717, 1.165) is 33.6 Å². The van der Waals surface area contributed by atoms with Crippen LogP contribution in [0.4, 0.5) is 0 Å². The quantitative estimate of drug-likeness (QED) is 0.154. The fourth-order valence-electron chi connectivity index (χ4n) is 8.91. The van der Waals surface area contributed by atoms with E-state index in [-0.39, 0.29) is 0 Å². The van der Waals surface area contributed by atoms with Gasteiger partial charge < -0.3 is 0 Å². The van der Waals surface area contributed by atoms with Gasteiger partial charge in [-0.15, -0.1) is 0 Å². The zero-order chi connectivity index (χ0) is 41.3.